The van der Waals surface area contributed by atoms with Crippen LogP contribution in [0.5, 0.6) is 0 Å². The predicted octanol–water partition coefficient (Wildman–Crippen LogP) is 0.972. The van der Waals surface area contributed by atoms with E-state index in [1.807, 2.05) is 0 Å². The minimum atomic E-state index is -3.72. The molecule has 0 aromatic heterocycles. The number of carbonyl (C=O) groups is 2. The number of likely N-dealkylation sites (N-methyl/N-ethyl adjacent to an activating group) is 1. The molecule has 172 valence electrons. The zero-order chi connectivity index (χ0) is 22.8. The second-order valence-corrected chi connectivity index (χ2v) is 12.2. The molecule has 1 aromatic carbocycles. The van der Waals surface area contributed by atoms with Gasteiger partial charge < -0.3 is 9.64 Å². The molecular formula is C20H28N2O7S2. The number of sulfone groups is 1. The van der Waals surface area contributed by atoms with Gasteiger partial charge in [-0.1, -0.05) is 12.5 Å². The number of piperidine rings is 1. The summed E-state index contributed by atoms with van der Waals surface area (Å²) >= 11 is 0. The van der Waals surface area contributed by atoms with Crippen LogP contribution in [0.25, 0.3) is 0 Å². The Morgan fingerprint density at radius 1 is 1.19 bits per heavy atom. The molecule has 31 heavy (non-hydrogen) atoms. The first-order valence-corrected chi connectivity index (χ1v) is 13.5. The van der Waals surface area contributed by atoms with Crippen molar-refractivity contribution in [2.45, 2.75) is 43.5 Å². The van der Waals surface area contributed by atoms with Gasteiger partial charge in [-0.25, -0.2) is 21.6 Å². The van der Waals surface area contributed by atoms with Crippen LogP contribution in [0.3, 0.4) is 0 Å². The van der Waals surface area contributed by atoms with Crippen molar-refractivity contribution in [3.05, 3.63) is 29.3 Å². The van der Waals surface area contributed by atoms with Gasteiger partial charge in [-0.3, -0.25) is 4.79 Å². The first kappa shape index (κ1) is 23.7. The summed E-state index contributed by atoms with van der Waals surface area (Å²) in [6, 6.07) is 3.87. The lowest BCUT2D eigenvalue weighted by molar-refractivity contribution is -0.134. The van der Waals surface area contributed by atoms with Gasteiger partial charge in [-0.15, -0.1) is 0 Å². The normalized spacial score (nSPS) is 21.5. The number of benzene rings is 1. The topological polar surface area (TPSA) is 118 Å². The molecule has 2 fully saturated rings. The molecule has 2 aliphatic heterocycles. The van der Waals surface area contributed by atoms with E-state index >= 15 is 0 Å². The van der Waals surface area contributed by atoms with Crippen LogP contribution in [-0.4, -0.2) is 82.2 Å². The lowest BCUT2D eigenvalue weighted by atomic mass is 10.1. The average Bonchev–Trinajstić information content (AvgIpc) is 3.11. The number of aryl methyl sites for hydroxylation is 1. The smallest absolute Gasteiger partial charge is 0.338 e. The van der Waals surface area contributed by atoms with Gasteiger partial charge in [-0.2, -0.15) is 4.31 Å². The fraction of sp³-hybridized carbons (Fsp3) is 0.600. The Hall–Kier alpha value is -1.98. The molecule has 2 aliphatic rings. The molecule has 1 amide bonds. The van der Waals surface area contributed by atoms with E-state index in [0.29, 0.717) is 25.1 Å². The van der Waals surface area contributed by atoms with E-state index in [1.54, 1.807) is 13.0 Å². The summed E-state index contributed by atoms with van der Waals surface area (Å²) in [5.74, 6) is -1.38. The number of hydrogen-bond acceptors (Lipinski definition) is 7. The monoisotopic (exact) mass is 472 g/mol. The second kappa shape index (κ2) is 9.25. The highest BCUT2D eigenvalue weighted by atomic mass is 32.2. The number of hydrogen-bond donors (Lipinski definition) is 0. The SMILES string of the molecule is Cc1ccc(C(=O)OCC(=O)N(C)C2CCS(=O)(=O)C2)cc1S(=O)(=O)N1CCCCC1. The second-order valence-electron chi connectivity index (χ2n) is 8.08. The standard InChI is InChI=1S/C20H28N2O7S2/c1-15-6-7-16(12-18(15)31(27,28)22-9-4-3-5-10-22)20(24)29-13-19(23)21(2)17-8-11-30(25,26)14-17/h6-7,12,17H,3-5,8-11,13-14H2,1-2H3. The number of esters is 1. The fourth-order valence-electron chi connectivity index (χ4n) is 3.85. The minimum absolute atomic E-state index is 0.0344. The molecule has 2 heterocycles. The van der Waals surface area contributed by atoms with Crippen LogP contribution in [-0.2, 0) is 29.4 Å². The van der Waals surface area contributed by atoms with Crippen LogP contribution >= 0.6 is 0 Å². The summed E-state index contributed by atoms with van der Waals surface area (Å²) in [6.45, 7) is 2.02. The van der Waals surface area contributed by atoms with E-state index in [-0.39, 0.29) is 22.0 Å². The minimum Gasteiger partial charge on any atom is -0.452 e. The summed E-state index contributed by atoms with van der Waals surface area (Å²) in [5, 5.41) is 0. The zero-order valence-electron chi connectivity index (χ0n) is 17.7. The molecular weight excluding hydrogens is 444 g/mol. The van der Waals surface area contributed by atoms with Crippen LogP contribution in [0.4, 0.5) is 0 Å². The largest absolute Gasteiger partial charge is 0.452 e. The number of nitrogens with zero attached hydrogens (tertiary/aromatic N) is 2. The number of sulfonamides is 1. The van der Waals surface area contributed by atoms with Gasteiger partial charge in [0.1, 0.15) is 0 Å². The summed E-state index contributed by atoms with van der Waals surface area (Å²) in [6.07, 6.45) is 2.96. The Labute approximate surface area is 183 Å². The first-order valence-electron chi connectivity index (χ1n) is 10.3. The van der Waals surface area contributed by atoms with Crippen LogP contribution in [0.15, 0.2) is 23.1 Å². The van der Waals surface area contributed by atoms with E-state index in [0.717, 1.165) is 19.3 Å². The third kappa shape index (κ3) is 5.45. The van der Waals surface area contributed by atoms with Gasteiger partial charge in [0.15, 0.2) is 16.4 Å². The first-order chi connectivity index (χ1) is 14.5. The molecule has 0 aliphatic carbocycles. The molecule has 11 heteroatoms. The van der Waals surface area contributed by atoms with Gasteiger partial charge in [0.2, 0.25) is 10.0 Å². The summed E-state index contributed by atoms with van der Waals surface area (Å²) in [7, 11) is -5.38. The molecule has 1 aromatic rings. The van der Waals surface area contributed by atoms with Crippen LogP contribution < -0.4 is 0 Å². The average molecular weight is 473 g/mol. The Kier molecular flexibility index (Phi) is 7.07. The van der Waals surface area contributed by atoms with Crippen molar-refractivity contribution >= 4 is 31.7 Å². The van der Waals surface area contributed by atoms with Gasteiger partial charge >= 0.3 is 5.97 Å². The Morgan fingerprint density at radius 3 is 2.48 bits per heavy atom. The van der Waals surface area contributed by atoms with Crippen molar-refractivity contribution in [2.75, 3.05) is 38.2 Å². The van der Waals surface area contributed by atoms with Crippen LogP contribution in [0.2, 0.25) is 0 Å². The third-order valence-electron chi connectivity index (χ3n) is 5.83. The molecule has 0 radical (unpaired) electrons. The van der Waals surface area contributed by atoms with E-state index in [1.165, 1.54) is 28.4 Å². The van der Waals surface area contributed by atoms with Crippen molar-refractivity contribution in [3.8, 4) is 0 Å². The highest BCUT2D eigenvalue weighted by Gasteiger charge is 2.33. The number of carbonyl (C=O) groups excluding carboxylic acids is 2. The fourth-order valence-corrected chi connectivity index (χ4v) is 7.39. The number of amides is 1. The van der Waals surface area contributed by atoms with Crippen molar-refractivity contribution in [3.63, 3.8) is 0 Å². The van der Waals surface area contributed by atoms with Gasteiger partial charge in [-0.05, 0) is 43.9 Å². The highest BCUT2D eigenvalue weighted by molar-refractivity contribution is 7.91. The summed E-state index contributed by atoms with van der Waals surface area (Å²) in [5.41, 5.74) is 0.570. The van der Waals surface area contributed by atoms with E-state index in [2.05, 4.69) is 0 Å². The summed E-state index contributed by atoms with van der Waals surface area (Å²) < 4.78 is 55.7. The highest BCUT2D eigenvalue weighted by Crippen LogP contribution is 2.25. The maximum atomic E-state index is 13.0. The third-order valence-corrected chi connectivity index (χ3v) is 9.62. The van der Waals surface area contributed by atoms with Crippen molar-refractivity contribution in [2.24, 2.45) is 0 Å². The van der Waals surface area contributed by atoms with E-state index in [9.17, 15) is 26.4 Å². The lowest BCUT2D eigenvalue weighted by Gasteiger charge is -2.26. The quantitative estimate of drug-likeness (QED) is 0.566. The Morgan fingerprint density at radius 2 is 1.87 bits per heavy atom. The van der Waals surface area contributed by atoms with Gasteiger partial charge in [0, 0.05) is 26.2 Å². The molecule has 1 atom stereocenters. The molecule has 0 spiro atoms. The molecule has 9 nitrogen and oxygen atoms in total. The van der Waals surface area contributed by atoms with E-state index in [4.69, 9.17) is 4.74 Å². The number of rotatable bonds is 6. The Balaban J connectivity index is 1.67. The van der Waals surface area contributed by atoms with Crippen LogP contribution in [0.1, 0.15) is 41.6 Å². The van der Waals surface area contributed by atoms with Crippen molar-refractivity contribution in [1.82, 2.24) is 9.21 Å². The number of ether oxygens (including phenoxy) is 1. The van der Waals surface area contributed by atoms with Crippen molar-refractivity contribution in [1.29, 1.82) is 0 Å². The van der Waals surface area contributed by atoms with E-state index < -0.39 is 44.4 Å². The maximum absolute atomic E-state index is 13.0. The Bertz CT molecular complexity index is 1060. The molecule has 3 rings (SSSR count). The van der Waals surface area contributed by atoms with Crippen LogP contribution in [0, 0.1) is 6.92 Å². The lowest BCUT2D eigenvalue weighted by Crippen LogP contribution is -2.40. The zero-order valence-corrected chi connectivity index (χ0v) is 19.4. The summed E-state index contributed by atoms with van der Waals surface area (Å²) in [4.78, 5) is 26.1. The van der Waals surface area contributed by atoms with Gasteiger partial charge in [0.05, 0.1) is 22.0 Å². The maximum Gasteiger partial charge on any atom is 0.338 e. The molecule has 0 bridgehead atoms. The predicted molar refractivity (Wildman–Crippen MR) is 114 cm³/mol. The molecule has 0 N–H and O–H groups in total. The van der Waals surface area contributed by atoms with Crippen molar-refractivity contribution < 1.29 is 31.2 Å². The molecule has 2 saturated heterocycles. The van der Waals surface area contributed by atoms with Gasteiger partial charge in [0.25, 0.3) is 5.91 Å². The molecule has 0 saturated carbocycles. The molecule has 1 unspecified atom stereocenters.